The molecule has 7 nitrogen and oxygen atoms in total. The number of imide groups is 1. The van der Waals surface area contributed by atoms with Crippen molar-refractivity contribution in [2.24, 2.45) is 11.8 Å². The number of carbonyl (C=O) groups excluding carboxylic acids is 4. The summed E-state index contributed by atoms with van der Waals surface area (Å²) in [6.07, 6.45) is 4.90. The molecular formula is C21H25N3O4. The lowest BCUT2D eigenvalue weighted by Gasteiger charge is -2.20. The van der Waals surface area contributed by atoms with Gasteiger partial charge in [-0.05, 0) is 31.4 Å². The first-order valence-corrected chi connectivity index (χ1v) is 10.1. The molecule has 0 bridgehead atoms. The molecule has 2 unspecified atom stereocenters. The summed E-state index contributed by atoms with van der Waals surface area (Å²) < 4.78 is 0. The highest BCUT2D eigenvalue weighted by Crippen LogP contribution is 2.38. The van der Waals surface area contributed by atoms with E-state index in [-0.39, 0.29) is 48.4 Å². The van der Waals surface area contributed by atoms with E-state index in [1.54, 1.807) is 17.0 Å². The van der Waals surface area contributed by atoms with Gasteiger partial charge in [0.2, 0.25) is 23.6 Å². The van der Waals surface area contributed by atoms with Crippen LogP contribution in [-0.4, -0.2) is 41.6 Å². The highest BCUT2D eigenvalue weighted by atomic mass is 16.2. The molecule has 148 valence electrons. The summed E-state index contributed by atoms with van der Waals surface area (Å²) >= 11 is 0. The van der Waals surface area contributed by atoms with Crippen molar-refractivity contribution in [3.63, 3.8) is 0 Å². The maximum atomic E-state index is 12.5. The highest BCUT2D eigenvalue weighted by Gasteiger charge is 2.47. The quantitative estimate of drug-likeness (QED) is 0.791. The molecule has 3 aliphatic rings. The fraction of sp³-hybridized carbons (Fsp3) is 0.524. The molecule has 2 aliphatic heterocycles. The van der Waals surface area contributed by atoms with E-state index >= 15 is 0 Å². The highest BCUT2D eigenvalue weighted by molar-refractivity contribution is 6.06. The summed E-state index contributed by atoms with van der Waals surface area (Å²) in [4.78, 5) is 52.5. The first-order valence-electron chi connectivity index (χ1n) is 10.1. The molecule has 2 saturated heterocycles. The van der Waals surface area contributed by atoms with Crippen LogP contribution < -0.4 is 10.2 Å². The second-order valence-corrected chi connectivity index (χ2v) is 7.79. The van der Waals surface area contributed by atoms with E-state index in [1.165, 1.54) is 4.90 Å². The molecule has 4 amide bonds. The number of para-hydroxylation sites is 2. The van der Waals surface area contributed by atoms with E-state index in [0.29, 0.717) is 24.3 Å². The van der Waals surface area contributed by atoms with Crippen LogP contribution >= 0.6 is 0 Å². The molecule has 3 fully saturated rings. The molecule has 0 aromatic heterocycles. The molecule has 7 heteroatoms. The second-order valence-electron chi connectivity index (χ2n) is 7.79. The van der Waals surface area contributed by atoms with Crippen LogP contribution in [0.25, 0.3) is 0 Å². The third-order valence-electron chi connectivity index (χ3n) is 6.04. The fourth-order valence-electron chi connectivity index (χ4n) is 4.59. The van der Waals surface area contributed by atoms with Crippen LogP contribution in [0.1, 0.15) is 44.9 Å². The monoisotopic (exact) mass is 383 g/mol. The number of nitrogens with zero attached hydrogens (tertiary/aromatic N) is 2. The third kappa shape index (κ3) is 3.41. The summed E-state index contributed by atoms with van der Waals surface area (Å²) in [6.45, 7) is 0.757. The molecule has 0 radical (unpaired) electrons. The van der Waals surface area contributed by atoms with Crippen LogP contribution in [0, 0.1) is 11.8 Å². The smallest absolute Gasteiger partial charge is 0.233 e. The maximum Gasteiger partial charge on any atom is 0.233 e. The van der Waals surface area contributed by atoms with Gasteiger partial charge in [0.15, 0.2) is 0 Å². The molecule has 2 heterocycles. The number of hydrogen-bond donors (Lipinski definition) is 1. The van der Waals surface area contributed by atoms with E-state index in [2.05, 4.69) is 5.32 Å². The molecule has 1 saturated carbocycles. The van der Waals surface area contributed by atoms with Gasteiger partial charge in [0.25, 0.3) is 0 Å². The van der Waals surface area contributed by atoms with Gasteiger partial charge in [-0.25, -0.2) is 0 Å². The van der Waals surface area contributed by atoms with Crippen molar-refractivity contribution in [2.75, 3.05) is 23.3 Å². The molecular weight excluding hydrogens is 358 g/mol. The first-order chi connectivity index (χ1) is 13.6. The predicted molar refractivity (Wildman–Crippen MR) is 103 cm³/mol. The minimum Gasteiger partial charge on any atom is -0.324 e. The van der Waals surface area contributed by atoms with Crippen molar-refractivity contribution >= 4 is 35.0 Å². The molecule has 1 aromatic rings. The standard InChI is InChI=1S/C21H25N3O4/c25-18(11-13-24-20(27)14-6-1-2-7-15(14)21(24)28)22-16-8-3-4-9-17(16)23-12-5-10-19(23)26/h3-4,8-9,14-15H,1-2,5-7,10-13H2,(H,22,25). The summed E-state index contributed by atoms with van der Waals surface area (Å²) in [7, 11) is 0. The van der Waals surface area contributed by atoms with Crippen molar-refractivity contribution in [3.8, 4) is 0 Å². The van der Waals surface area contributed by atoms with Gasteiger partial charge in [0.05, 0.1) is 23.2 Å². The average molecular weight is 383 g/mol. The van der Waals surface area contributed by atoms with Gasteiger partial charge >= 0.3 is 0 Å². The Bertz CT molecular complexity index is 798. The van der Waals surface area contributed by atoms with E-state index in [0.717, 1.165) is 32.1 Å². The number of likely N-dealkylation sites (tertiary alicyclic amines) is 1. The third-order valence-corrected chi connectivity index (χ3v) is 6.04. The minimum absolute atomic E-state index is 0.0533. The van der Waals surface area contributed by atoms with Gasteiger partial charge in [-0.15, -0.1) is 0 Å². The summed E-state index contributed by atoms with van der Waals surface area (Å²) in [5, 5.41) is 2.84. The Kier molecular flexibility index (Phi) is 5.15. The topological polar surface area (TPSA) is 86.8 Å². The Hall–Kier alpha value is -2.70. The van der Waals surface area contributed by atoms with Crippen molar-refractivity contribution in [2.45, 2.75) is 44.9 Å². The van der Waals surface area contributed by atoms with Crippen molar-refractivity contribution in [1.82, 2.24) is 4.90 Å². The zero-order valence-corrected chi connectivity index (χ0v) is 15.9. The number of fused-ring (bicyclic) bond motifs is 1. The number of carbonyl (C=O) groups is 4. The molecule has 2 atom stereocenters. The molecule has 28 heavy (non-hydrogen) atoms. The van der Waals surface area contributed by atoms with Crippen LogP contribution in [-0.2, 0) is 19.2 Å². The lowest BCUT2D eigenvalue weighted by molar-refractivity contribution is -0.140. The lowest BCUT2D eigenvalue weighted by Crippen LogP contribution is -2.34. The van der Waals surface area contributed by atoms with Crippen LogP contribution in [0.3, 0.4) is 0 Å². The van der Waals surface area contributed by atoms with E-state index < -0.39 is 0 Å². The Morgan fingerprint density at radius 2 is 1.68 bits per heavy atom. The van der Waals surface area contributed by atoms with Gasteiger partial charge in [0, 0.05) is 25.9 Å². The Balaban J connectivity index is 1.39. The van der Waals surface area contributed by atoms with E-state index in [9.17, 15) is 19.2 Å². The zero-order valence-electron chi connectivity index (χ0n) is 15.9. The summed E-state index contributed by atoms with van der Waals surface area (Å²) in [6, 6.07) is 7.22. The van der Waals surface area contributed by atoms with Crippen LogP contribution in [0.2, 0.25) is 0 Å². The molecule has 0 spiro atoms. The largest absolute Gasteiger partial charge is 0.324 e. The number of nitrogens with one attached hydrogen (secondary N) is 1. The van der Waals surface area contributed by atoms with Gasteiger partial charge < -0.3 is 10.2 Å². The van der Waals surface area contributed by atoms with Crippen LogP contribution in [0.4, 0.5) is 11.4 Å². The maximum absolute atomic E-state index is 12.5. The number of rotatable bonds is 5. The van der Waals surface area contributed by atoms with E-state index in [1.807, 2.05) is 12.1 Å². The lowest BCUT2D eigenvalue weighted by atomic mass is 9.81. The summed E-state index contributed by atoms with van der Waals surface area (Å²) in [5.74, 6) is -0.833. The number of anilines is 2. The van der Waals surface area contributed by atoms with Gasteiger partial charge in [-0.3, -0.25) is 24.1 Å². The van der Waals surface area contributed by atoms with Gasteiger partial charge in [-0.1, -0.05) is 25.0 Å². The predicted octanol–water partition coefficient (Wildman–Crippen LogP) is 2.32. The SMILES string of the molecule is O=C(CCN1C(=O)C2CCCCC2C1=O)Nc1ccccc1N1CCCC1=O. The number of amides is 4. The zero-order chi connectivity index (χ0) is 19.7. The molecule has 1 N–H and O–H groups in total. The van der Waals surface area contributed by atoms with Crippen LogP contribution in [0.15, 0.2) is 24.3 Å². The molecule has 4 rings (SSSR count). The Labute approximate surface area is 164 Å². The first kappa shape index (κ1) is 18.7. The van der Waals surface area contributed by atoms with Crippen molar-refractivity contribution < 1.29 is 19.2 Å². The van der Waals surface area contributed by atoms with Crippen molar-refractivity contribution in [1.29, 1.82) is 0 Å². The number of hydrogen-bond acceptors (Lipinski definition) is 4. The van der Waals surface area contributed by atoms with Crippen molar-refractivity contribution in [3.05, 3.63) is 24.3 Å². The molecule has 1 aromatic carbocycles. The number of benzene rings is 1. The second kappa shape index (κ2) is 7.73. The normalized spacial score (nSPS) is 24.6. The Morgan fingerprint density at radius 3 is 2.32 bits per heavy atom. The average Bonchev–Trinajstić information content (AvgIpc) is 3.23. The Morgan fingerprint density at radius 1 is 1.00 bits per heavy atom. The summed E-state index contributed by atoms with van der Waals surface area (Å²) in [5.41, 5.74) is 1.27. The van der Waals surface area contributed by atoms with Gasteiger partial charge in [0.1, 0.15) is 0 Å². The fourth-order valence-corrected chi connectivity index (χ4v) is 4.59. The minimum atomic E-state index is -0.269. The van der Waals surface area contributed by atoms with Crippen LogP contribution in [0.5, 0.6) is 0 Å². The molecule has 1 aliphatic carbocycles. The van der Waals surface area contributed by atoms with Gasteiger partial charge in [-0.2, -0.15) is 0 Å². The van der Waals surface area contributed by atoms with E-state index in [4.69, 9.17) is 0 Å².